The van der Waals surface area contributed by atoms with E-state index in [1.54, 1.807) is 0 Å². The van der Waals surface area contributed by atoms with E-state index in [0.717, 1.165) is 0 Å². The number of halogens is 12. The zero-order valence-corrected chi connectivity index (χ0v) is 8.27. The summed E-state index contributed by atoms with van der Waals surface area (Å²) in [6, 6.07) is 0. The molecule has 0 aromatic carbocycles. The Bertz CT molecular complexity index is 94.8. The van der Waals surface area contributed by atoms with Crippen LogP contribution >= 0.6 is 0 Å². The molecule has 15 heteroatoms. The monoisotopic (exact) mass is 291 g/mol. The van der Waals surface area contributed by atoms with E-state index in [2.05, 4.69) is 0 Å². The first-order chi connectivity index (χ1) is 7.00. The molecule has 0 saturated heterocycles. The van der Waals surface area contributed by atoms with Crippen molar-refractivity contribution in [3.63, 3.8) is 0 Å². The quantitative estimate of drug-likeness (QED) is 0.438. The van der Waals surface area contributed by atoms with Crippen molar-refractivity contribution in [2.24, 2.45) is 0 Å². The van der Waals surface area contributed by atoms with Crippen LogP contribution in [0.4, 0.5) is 51.8 Å². The topological polar surface area (TPSA) is 0 Å². The molecule has 0 saturated carbocycles. The van der Waals surface area contributed by atoms with Crippen LogP contribution in [0.1, 0.15) is 13.8 Å². The van der Waals surface area contributed by atoms with Gasteiger partial charge in [-0.2, -0.15) is 0 Å². The summed E-state index contributed by atoms with van der Waals surface area (Å²) in [4.78, 5) is 0. The number of rotatable bonds is 0. The molecule has 0 rings (SSSR count). The van der Waals surface area contributed by atoms with Crippen LogP contribution in [0.3, 0.4) is 0 Å². The van der Waals surface area contributed by atoms with Gasteiger partial charge < -0.3 is 51.8 Å². The van der Waals surface area contributed by atoms with Crippen molar-refractivity contribution in [1.82, 2.24) is 0 Å². The van der Waals surface area contributed by atoms with Crippen molar-refractivity contribution in [1.29, 1.82) is 0 Å². The lowest BCUT2D eigenvalue weighted by molar-refractivity contribution is 0.366. The third kappa shape index (κ3) is 6580. The molecular formula is C2H6B3F12-3. The lowest BCUT2D eigenvalue weighted by Gasteiger charge is -1.94. The van der Waals surface area contributed by atoms with Gasteiger partial charge in [0.05, 0.1) is 0 Å². The summed E-state index contributed by atoms with van der Waals surface area (Å²) < 4.78 is 117. The molecule has 17 heavy (non-hydrogen) atoms. The Kier molecular flexibility index (Phi) is 15.6. The molecule has 0 aliphatic heterocycles. The summed E-state index contributed by atoms with van der Waals surface area (Å²) in [5, 5.41) is 0. The van der Waals surface area contributed by atoms with E-state index in [4.69, 9.17) is 0 Å². The molecule has 0 spiro atoms. The van der Waals surface area contributed by atoms with Crippen LogP contribution in [0, 0.1) is 0 Å². The zero-order chi connectivity index (χ0) is 15.5. The molecule has 0 N–H and O–H groups in total. The van der Waals surface area contributed by atoms with Gasteiger partial charge in [-0.1, -0.05) is 13.8 Å². The summed E-state index contributed by atoms with van der Waals surface area (Å²) in [6.45, 7) is 4.00. The molecule has 0 bridgehead atoms. The fourth-order valence-electron chi connectivity index (χ4n) is 0. The Morgan fingerprint density at radius 3 is 0.353 bits per heavy atom. The van der Waals surface area contributed by atoms with Crippen LogP contribution in [0.5, 0.6) is 0 Å². The minimum absolute atomic E-state index is 2.00. The van der Waals surface area contributed by atoms with Crippen molar-refractivity contribution >= 4 is 21.8 Å². The SMILES string of the molecule is CC.F[B-](F)(F)F.F[B-](F)(F)F.F[B-](F)(F)F. The molecule has 0 unspecified atom stereocenters. The van der Waals surface area contributed by atoms with E-state index < -0.39 is 21.8 Å². The first-order valence-electron chi connectivity index (χ1n) is 3.62. The predicted octanol–water partition coefficient (Wildman–Crippen LogP) is 4.93. The Labute approximate surface area is 88.7 Å². The van der Waals surface area contributed by atoms with Gasteiger partial charge >= 0.3 is 21.8 Å². The fraction of sp³-hybridized carbons (Fsp3) is 1.00. The van der Waals surface area contributed by atoms with Gasteiger partial charge in [0, 0.05) is 0 Å². The maximum atomic E-state index is 9.75. The smallest absolute Gasteiger partial charge is 0.418 e. The van der Waals surface area contributed by atoms with E-state index in [0.29, 0.717) is 0 Å². The minimum Gasteiger partial charge on any atom is -0.418 e. The molecule has 0 fully saturated rings. The van der Waals surface area contributed by atoms with Gasteiger partial charge in [0.1, 0.15) is 0 Å². The van der Waals surface area contributed by atoms with Gasteiger partial charge in [-0.05, 0) is 0 Å². The van der Waals surface area contributed by atoms with Gasteiger partial charge in [0.15, 0.2) is 0 Å². The molecule has 0 amide bonds. The molecule has 0 atom stereocenters. The van der Waals surface area contributed by atoms with E-state index in [1.807, 2.05) is 13.8 Å². The summed E-state index contributed by atoms with van der Waals surface area (Å²) >= 11 is 0. The van der Waals surface area contributed by atoms with Gasteiger partial charge in [-0.25, -0.2) is 0 Å². The number of hydrogen-bond acceptors (Lipinski definition) is 0. The second-order valence-electron chi connectivity index (χ2n) is 1.48. The first-order valence-corrected chi connectivity index (χ1v) is 3.62. The highest BCUT2D eigenvalue weighted by Crippen LogP contribution is 2.07. The average molecular weight is 290 g/mol. The highest BCUT2D eigenvalue weighted by atomic mass is 19.5. The van der Waals surface area contributed by atoms with Gasteiger partial charge in [0.25, 0.3) is 0 Å². The molecular weight excluding hydrogens is 284 g/mol. The average Bonchev–Trinajstić information content (AvgIpc) is 1.77. The van der Waals surface area contributed by atoms with Crippen LogP contribution in [0.15, 0.2) is 0 Å². The van der Waals surface area contributed by atoms with Crippen molar-refractivity contribution in [2.45, 2.75) is 13.8 Å². The first kappa shape index (κ1) is 25.3. The van der Waals surface area contributed by atoms with Crippen LogP contribution < -0.4 is 0 Å². The van der Waals surface area contributed by atoms with E-state index in [9.17, 15) is 51.8 Å². The Morgan fingerprint density at radius 2 is 0.353 bits per heavy atom. The second kappa shape index (κ2) is 10.5. The third-order valence-electron chi connectivity index (χ3n) is 0. The summed E-state index contributed by atoms with van der Waals surface area (Å²) in [7, 11) is -18.0. The fourth-order valence-corrected chi connectivity index (χ4v) is 0. The lowest BCUT2D eigenvalue weighted by atomic mass is 10.3. The summed E-state index contributed by atoms with van der Waals surface area (Å²) in [6.07, 6.45) is 0. The summed E-state index contributed by atoms with van der Waals surface area (Å²) in [5.41, 5.74) is 0. The highest BCUT2D eigenvalue weighted by Gasteiger charge is 2.21. The van der Waals surface area contributed by atoms with Gasteiger partial charge in [-0.3, -0.25) is 0 Å². The standard InChI is InChI=1S/C2H6.3BF4/c1-2;3*2-1(3,4)5/h1-2H3;;;/q;3*-1. The largest absolute Gasteiger partial charge is 0.673 e. The maximum absolute atomic E-state index is 9.75. The van der Waals surface area contributed by atoms with Crippen molar-refractivity contribution in [3.8, 4) is 0 Å². The van der Waals surface area contributed by atoms with E-state index >= 15 is 0 Å². The lowest BCUT2D eigenvalue weighted by Crippen LogP contribution is -2.02. The predicted molar refractivity (Wildman–Crippen MR) is 41.9 cm³/mol. The molecule has 0 heterocycles. The van der Waals surface area contributed by atoms with Crippen LogP contribution in [-0.2, 0) is 0 Å². The van der Waals surface area contributed by atoms with Gasteiger partial charge in [0.2, 0.25) is 0 Å². The van der Waals surface area contributed by atoms with Crippen LogP contribution in [-0.4, -0.2) is 21.8 Å². The summed E-state index contributed by atoms with van der Waals surface area (Å²) in [5.74, 6) is 0. The number of hydrogen-bond donors (Lipinski definition) is 0. The van der Waals surface area contributed by atoms with Crippen molar-refractivity contribution in [2.75, 3.05) is 0 Å². The highest BCUT2D eigenvalue weighted by molar-refractivity contribution is 6.50. The maximum Gasteiger partial charge on any atom is 0.673 e. The molecule has 0 aromatic heterocycles. The van der Waals surface area contributed by atoms with Crippen molar-refractivity contribution < 1.29 is 51.8 Å². The Balaban J connectivity index is -0.0000000693. The van der Waals surface area contributed by atoms with Gasteiger partial charge in [-0.15, -0.1) is 0 Å². The van der Waals surface area contributed by atoms with Crippen LogP contribution in [0.25, 0.3) is 0 Å². The molecule has 0 nitrogen and oxygen atoms in total. The second-order valence-corrected chi connectivity index (χ2v) is 1.48. The van der Waals surface area contributed by atoms with Crippen molar-refractivity contribution in [3.05, 3.63) is 0 Å². The molecule has 0 aliphatic carbocycles. The minimum atomic E-state index is -6.00. The Morgan fingerprint density at radius 1 is 0.353 bits per heavy atom. The van der Waals surface area contributed by atoms with Crippen LogP contribution in [0.2, 0.25) is 0 Å². The molecule has 0 radical (unpaired) electrons. The van der Waals surface area contributed by atoms with E-state index in [-0.39, 0.29) is 0 Å². The third-order valence-corrected chi connectivity index (χ3v) is 0. The normalized spacial score (nSPS) is 10.9. The molecule has 110 valence electrons. The molecule has 0 aliphatic rings. The van der Waals surface area contributed by atoms with E-state index in [1.165, 1.54) is 0 Å². The molecule has 0 aromatic rings. The Hall–Kier alpha value is -0.645. The zero-order valence-electron chi connectivity index (χ0n) is 8.27.